The van der Waals surface area contributed by atoms with Crippen molar-refractivity contribution in [3.63, 3.8) is 0 Å². The molecule has 0 aromatic heterocycles. The van der Waals surface area contributed by atoms with Crippen LogP contribution in [0.2, 0.25) is 0 Å². The van der Waals surface area contributed by atoms with Crippen molar-refractivity contribution >= 4 is 11.8 Å². The molecule has 1 N–H and O–H groups in total. The van der Waals surface area contributed by atoms with E-state index in [1.165, 1.54) is 44.4 Å². The molecule has 2 unspecified atom stereocenters. The van der Waals surface area contributed by atoms with E-state index >= 15 is 0 Å². The van der Waals surface area contributed by atoms with Gasteiger partial charge >= 0.3 is 0 Å². The van der Waals surface area contributed by atoms with Crippen LogP contribution in [0.15, 0.2) is 0 Å². The first-order valence-corrected chi connectivity index (χ1v) is 7.86. The highest BCUT2D eigenvalue weighted by Crippen LogP contribution is 2.11. The molecule has 0 aliphatic carbocycles. The summed E-state index contributed by atoms with van der Waals surface area (Å²) in [5.41, 5.74) is 0. The van der Waals surface area contributed by atoms with Crippen LogP contribution in [0.1, 0.15) is 52.9 Å². The largest absolute Gasteiger partial charge is 0.314 e. The highest BCUT2D eigenvalue weighted by molar-refractivity contribution is 7.98. The van der Waals surface area contributed by atoms with Gasteiger partial charge in [-0.1, -0.05) is 33.1 Å². The number of thioether (sulfide) groups is 1. The van der Waals surface area contributed by atoms with E-state index in [9.17, 15) is 0 Å². The smallest absolute Gasteiger partial charge is 0.00466 e. The van der Waals surface area contributed by atoms with Crippen molar-refractivity contribution in [2.75, 3.05) is 18.6 Å². The summed E-state index contributed by atoms with van der Waals surface area (Å²) in [7, 11) is 0. The summed E-state index contributed by atoms with van der Waals surface area (Å²) in [6.45, 7) is 8.12. The Morgan fingerprint density at radius 1 is 1.20 bits per heavy atom. The standard InChI is InChI=1S/C13H29NS/c1-5-7-8-13(6-2)11-14-12(3)9-10-15-4/h12-14H,5-11H2,1-4H3. The molecule has 0 fully saturated rings. The minimum atomic E-state index is 0.688. The molecule has 92 valence electrons. The first kappa shape index (κ1) is 15.3. The molecule has 2 atom stereocenters. The Morgan fingerprint density at radius 3 is 2.47 bits per heavy atom. The minimum Gasteiger partial charge on any atom is -0.314 e. The lowest BCUT2D eigenvalue weighted by Crippen LogP contribution is -2.31. The number of hydrogen-bond acceptors (Lipinski definition) is 2. The topological polar surface area (TPSA) is 12.0 Å². The van der Waals surface area contributed by atoms with Gasteiger partial charge in [0, 0.05) is 6.04 Å². The van der Waals surface area contributed by atoms with Gasteiger partial charge in [0.15, 0.2) is 0 Å². The zero-order chi connectivity index (χ0) is 11.5. The van der Waals surface area contributed by atoms with Crippen molar-refractivity contribution < 1.29 is 0 Å². The number of hydrogen-bond donors (Lipinski definition) is 1. The van der Waals surface area contributed by atoms with Crippen LogP contribution in [0.5, 0.6) is 0 Å². The quantitative estimate of drug-likeness (QED) is 0.611. The molecule has 15 heavy (non-hydrogen) atoms. The lowest BCUT2D eigenvalue weighted by Gasteiger charge is -2.19. The first-order chi connectivity index (χ1) is 7.24. The second kappa shape index (κ2) is 10.8. The maximum absolute atomic E-state index is 3.66. The highest BCUT2D eigenvalue weighted by atomic mass is 32.2. The summed E-state index contributed by atoms with van der Waals surface area (Å²) < 4.78 is 0. The van der Waals surface area contributed by atoms with Crippen molar-refractivity contribution in [2.24, 2.45) is 5.92 Å². The van der Waals surface area contributed by atoms with E-state index < -0.39 is 0 Å². The van der Waals surface area contributed by atoms with Crippen LogP contribution >= 0.6 is 11.8 Å². The molecule has 0 bridgehead atoms. The van der Waals surface area contributed by atoms with Crippen molar-refractivity contribution in [3.05, 3.63) is 0 Å². The van der Waals surface area contributed by atoms with Crippen molar-refractivity contribution in [1.29, 1.82) is 0 Å². The van der Waals surface area contributed by atoms with E-state index in [0.717, 1.165) is 5.92 Å². The van der Waals surface area contributed by atoms with Gasteiger partial charge in [0.2, 0.25) is 0 Å². The summed E-state index contributed by atoms with van der Waals surface area (Å²) >= 11 is 1.94. The third-order valence-electron chi connectivity index (χ3n) is 3.05. The van der Waals surface area contributed by atoms with Crippen molar-refractivity contribution in [2.45, 2.75) is 58.9 Å². The molecule has 0 saturated carbocycles. The van der Waals surface area contributed by atoms with E-state index in [2.05, 4.69) is 32.3 Å². The molecular formula is C13H29NS. The Balaban J connectivity index is 3.50. The van der Waals surface area contributed by atoms with Crippen LogP contribution in [0.25, 0.3) is 0 Å². The van der Waals surface area contributed by atoms with Gasteiger partial charge in [-0.3, -0.25) is 0 Å². The summed E-state index contributed by atoms with van der Waals surface area (Å²) in [6, 6.07) is 0.688. The number of nitrogens with one attached hydrogen (secondary N) is 1. The molecule has 0 radical (unpaired) electrons. The van der Waals surface area contributed by atoms with Crippen LogP contribution in [-0.4, -0.2) is 24.6 Å². The van der Waals surface area contributed by atoms with E-state index in [-0.39, 0.29) is 0 Å². The molecule has 0 saturated heterocycles. The Bertz CT molecular complexity index is 128. The van der Waals surface area contributed by atoms with Gasteiger partial charge in [0.1, 0.15) is 0 Å². The monoisotopic (exact) mass is 231 g/mol. The fraction of sp³-hybridized carbons (Fsp3) is 1.00. The van der Waals surface area contributed by atoms with Crippen molar-refractivity contribution in [3.8, 4) is 0 Å². The van der Waals surface area contributed by atoms with E-state index in [0.29, 0.717) is 6.04 Å². The molecule has 0 spiro atoms. The Morgan fingerprint density at radius 2 is 1.93 bits per heavy atom. The number of unbranched alkanes of at least 4 members (excludes halogenated alkanes) is 1. The first-order valence-electron chi connectivity index (χ1n) is 6.46. The average Bonchev–Trinajstić information content (AvgIpc) is 2.26. The summed E-state index contributed by atoms with van der Waals surface area (Å²) in [5, 5.41) is 3.66. The minimum absolute atomic E-state index is 0.688. The van der Waals surface area contributed by atoms with E-state index in [1.807, 2.05) is 11.8 Å². The van der Waals surface area contributed by atoms with Crippen LogP contribution in [-0.2, 0) is 0 Å². The fourth-order valence-electron chi connectivity index (χ4n) is 1.71. The lowest BCUT2D eigenvalue weighted by molar-refractivity contribution is 0.392. The third kappa shape index (κ3) is 9.25. The van der Waals surface area contributed by atoms with Gasteiger partial charge in [-0.05, 0) is 44.2 Å². The summed E-state index contributed by atoms with van der Waals surface area (Å²) in [5.74, 6) is 2.17. The molecule has 0 heterocycles. The van der Waals surface area contributed by atoms with Crippen molar-refractivity contribution in [1.82, 2.24) is 5.32 Å². The average molecular weight is 231 g/mol. The summed E-state index contributed by atoms with van der Waals surface area (Å²) in [4.78, 5) is 0. The Hall–Kier alpha value is 0.310. The molecule has 0 aromatic rings. The number of rotatable bonds is 10. The van der Waals surface area contributed by atoms with Gasteiger partial charge < -0.3 is 5.32 Å². The zero-order valence-electron chi connectivity index (χ0n) is 11.0. The zero-order valence-corrected chi connectivity index (χ0v) is 11.8. The molecule has 1 nitrogen and oxygen atoms in total. The van der Waals surface area contributed by atoms with Gasteiger partial charge in [-0.15, -0.1) is 0 Å². The fourth-order valence-corrected chi connectivity index (χ4v) is 2.30. The van der Waals surface area contributed by atoms with Gasteiger partial charge in [-0.2, -0.15) is 11.8 Å². The molecule has 0 amide bonds. The third-order valence-corrected chi connectivity index (χ3v) is 3.70. The maximum atomic E-state index is 3.66. The normalized spacial score (nSPS) is 15.2. The maximum Gasteiger partial charge on any atom is 0.00466 e. The lowest BCUT2D eigenvalue weighted by atomic mass is 9.99. The Labute approximate surface area is 101 Å². The molecule has 0 aromatic carbocycles. The Kier molecular flexibility index (Phi) is 11.0. The van der Waals surface area contributed by atoms with E-state index in [1.54, 1.807) is 0 Å². The SMILES string of the molecule is CCCCC(CC)CNC(C)CCSC. The predicted octanol–water partition coefficient (Wildman–Crippen LogP) is 3.93. The summed E-state index contributed by atoms with van der Waals surface area (Å²) in [6.07, 6.45) is 8.92. The predicted molar refractivity (Wildman–Crippen MR) is 73.8 cm³/mol. The van der Waals surface area contributed by atoms with Crippen LogP contribution < -0.4 is 5.32 Å². The molecule has 0 aliphatic heterocycles. The second-order valence-corrected chi connectivity index (χ2v) is 5.49. The van der Waals surface area contributed by atoms with Gasteiger partial charge in [0.05, 0.1) is 0 Å². The van der Waals surface area contributed by atoms with Gasteiger partial charge in [0.25, 0.3) is 0 Å². The van der Waals surface area contributed by atoms with Crippen LogP contribution in [0, 0.1) is 5.92 Å². The van der Waals surface area contributed by atoms with E-state index in [4.69, 9.17) is 0 Å². The van der Waals surface area contributed by atoms with Crippen LogP contribution in [0.4, 0.5) is 0 Å². The second-order valence-electron chi connectivity index (χ2n) is 4.51. The molecule has 2 heteroatoms. The molecule has 0 aliphatic rings. The molecular weight excluding hydrogens is 202 g/mol. The van der Waals surface area contributed by atoms with Crippen LogP contribution in [0.3, 0.4) is 0 Å². The highest BCUT2D eigenvalue weighted by Gasteiger charge is 2.07. The molecule has 0 rings (SSSR count). The van der Waals surface area contributed by atoms with Gasteiger partial charge in [-0.25, -0.2) is 0 Å².